The van der Waals surface area contributed by atoms with E-state index in [4.69, 9.17) is 13.6 Å². The first-order valence-corrected chi connectivity index (χ1v) is 11.0. The smallest absolute Gasteiger partial charge is 0.375 e. The Morgan fingerprint density at radius 2 is 1.29 bits per heavy atom. The van der Waals surface area contributed by atoms with Gasteiger partial charge in [0.05, 0.1) is 0 Å². The van der Waals surface area contributed by atoms with Gasteiger partial charge in [0, 0.05) is 21.9 Å². The first-order chi connectivity index (χ1) is 17.1. The number of carbonyl (C=O) groups excluding carboxylic acids is 1. The lowest BCUT2D eigenvalue weighted by atomic mass is 9.93. The van der Waals surface area contributed by atoms with Crippen molar-refractivity contribution in [1.82, 2.24) is 0 Å². The average Bonchev–Trinajstić information content (AvgIpc) is 3.46. The van der Waals surface area contributed by atoms with Crippen LogP contribution < -0.4 is 0 Å². The van der Waals surface area contributed by atoms with Gasteiger partial charge >= 0.3 is 11.9 Å². The van der Waals surface area contributed by atoms with Crippen LogP contribution >= 0.6 is 0 Å². The number of ether oxygens (including phenoxy) is 1. The van der Waals surface area contributed by atoms with E-state index in [-0.39, 0.29) is 23.7 Å². The van der Waals surface area contributed by atoms with Crippen molar-refractivity contribution in [3.05, 3.63) is 97.0 Å². The van der Waals surface area contributed by atoms with Crippen molar-refractivity contribution < 1.29 is 28.3 Å². The fourth-order valence-electron chi connectivity index (χ4n) is 4.71. The van der Waals surface area contributed by atoms with E-state index in [1.54, 1.807) is 12.1 Å². The van der Waals surface area contributed by atoms with E-state index in [2.05, 4.69) is 6.58 Å². The summed E-state index contributed by atoms with van der Waals surface area (Å²) in [6.45, 7) is 3.58. The second kappa shape index (κ2) is 7.88. The number of aromatic carboxylic acids is 1. The number of furan rings is 2. The number of esters is 1. The molecule has 0 aliphatic heterocycles. The Hall–Kier alpha value is -4.84. The van der Waals surface area contributed by atoms with Gasteiger partial charge in [0.15, 0.2) is 0 Å². The van der Waals surface area contributed by atoms with Crippen molar-refractivity contribution in [2.75, 3.05) is 6.61 Å². The summed E-state index contributed by atoms with van der Waals surface area (Å²) in [5.74, 6) is -2.33. The Kier molecular flexibility index (Phi) is 4.67. The van der Waals surface area contributed by atoms with Gasteiger partial charge in [-0.15, -0.1) is 0 Å². The van der Waals surface area contributed by atoms with Gasteiger partial charge in [-0.2, -0.15) is 0 Å². The van der Waals surface area contributed by atoms with Crippen LogP contribution in [0.5, 0.6) is 0 Å². The van der Waals surface area contributed by atoms with Gasteiger partial charge in [-0.3, -0.25) is 0 Å². The van der Waals surface area contributed by atoms with Gasteiger partial charge in [0.25, 0.3) is 0 Å². The highest BCUT2D eigenvalue weighted by atomic mass is 16.5. The number of carboxylic acid groups (broad SMARTS) is 1. The molecule has 0 aliphatic rings. The predicted octanol–water partition coefficient (Wildman–Crippen LogP) is 7.19. The van der Waals surface area contributed by atoms with Gasteiger partial charge in [0.1, 0.15) is 17.8 Å². The van der Waals surface area contributed by atoms with Gasteiger partial charge in [-0.25, -0.2) is 9.59 Å². The minimum absolute atomic E-state index is 0.0169. The monoisotopic (exact) mass is 462 g/mol. The molecule has 6 rings (SSSR count). The van der Waals surface area contributed by atoms with E-state index in [0.29, 0.717) is 27.5 Å². The summed E-state index contributed by atoms with van der Waals surface area (Å²) in [5.41, 5.74) is 1.45. The Bertz CT molecular complexity index is 1820. The molecule has 0 amide bonds. The molecule has 6 nitrogen and oxygen atoms in total. The summed E-state index contributed by atoms with van der Waals surface area (Å²) in [4.78, 5) is 25.6. The first kappa shape index (κ1) is 20.7. The topological polar surface area (TPSA) is 89.9 Å². The van der Waals surface area contributed by atoms with Crippen LogP contribution in [0.4, 0.5) is 0 Å². The number of hydrogen-bond acceptors (Lipinski definition) is 5. The molecule has 0 spiro atoms. The van der Waals surface area contributed by atoms with Gasteiger partial charge in [-0.1, -0.05) is 73.3 Å². The van der Waals surface area contributed by atoms with E-state index in [9.17, 15) is 14.7 Å². The van der Waals surface area contributed by atoms with Crippen molar-refractivity contribution in [1.29, 1.82) is 0 Å². The number of hydrogen-bond donors (Lipinski definition) is 1. The highest BCUT2D eigenvalue weighted by Crippen LogP contribution is 2.46. The third-order valence-electron chi connectivity index (χ3n) is 6.12. The number of rotatable bonds is 5. The minimum atomic E-state index is -1.25. The summed E-state index contributed by atoms with van der Waals surface area (Å²) in [6, 6.07) is 22.6. The van der Waals surface area contributed by atoms with Gasteiger partial charge in [0.2, 0.25) is 11.5 Å². The molecule has 6 heteroatoms. The van der Waals surface area contributed by atoms with Crippen LogP contribution in [0.3, 0.4) is 0 Å². The van der Waals surface area contributed by atoms with E-state index >= 15 is 0 Å². The zero-order valence-electron chi connectivity index (χ0n) is 18.4. The van der Waals surface area contributed by atoms with Crippen LogP contribution in [0.15, 0.2) is 94.3 Å². The number of fused-ring (bicyclic) bond motifs is 6. The van der Waals surface area contributed by atoms with E-state index in [1.165, 1.54) is 6.08 Å². The quantitative estimate of drug-likeness (QED) is 0.215. The lowest BCUT2D eigenvalue weighted by Gasteiger charge is -2.07. The molecule has 35 heavy (non-hydrogen) atoms. The standard InChI is InChI=1S/C29H18O6/c1-2-15-33-29(32)27-25(23-19-10-6-4-8-17(19)12-14-21(23)35-27)24-22-18-9-5-3-7-16(18)11-13-20(22)34-26(24)28(30)31/h2-14H,1,15H2,(H,30,31). The maximum atomic E-state index is 13.2. The lowest BCUT2D eigenvalue weighted by Crippen LogP contribution is -2.06. The summed E-state index contributed by atoms with van der Waals surface area (Å²) in [5, 5.41) is 14.8. The molecule has 0 saturated heterocycles. The Morgan fingerprint density at radius 3 is 1.83 bits per heavy atom. The number of benzene rings is 4. The summed E-state index contributed by atoms with van der Waals surface area (Å²) >= 11 is 0. The SMILES string of the molecule is C=CCOC(=O)c1oc2ccc3ccccc3c2c1-c1c(C(=O)O)oc2ccc3ccccc3c12. The molecule has 0 atom stereocenters. The molecule has 2 aromatic heterocycles. The van der Waals surface area contributed by atoms with Crippen LogP contribution in [0.1, 0.15) is 21.1 Å². The second-order valence-corrected chi connectivity index (χ2v) is 8.12. The average molecular weight is 462 g/mol. The van der Waals surface area contributed by atoms with Crippen molar-refractivity contribution in [3.8, 4) is 11.1 Å². The molecule has 4 aromatic carbocycles. The van der Waals surface area contributed by atoms with E-state index in [0.717, 1.165) is 21.5 Å². The van der Waals surface area contributed by atoms with Crippen molar-refractivity contribution >= 4 is 55.4 Å². The molecule has 0 aliphatic carbocycles. The number of carboxylic acids is 1. The highest BCUT2D eigenvalue weighted by Gasteiger charge is 2.32. The minimum Gasteiger partial charge on any atom is -0.475 e. The lowest BCUT2D eigenvalue weighted by molar-refractivity contribution is 0.0516. The molecule has 1 N–H and O–H groups in total. The zero-order valence-corrected chi connectivity index (χ0v) is 18.4. The molecular formula is C29H18O6. The maximum Gasteiger partial charge on any atom is 0.375 e. The zero-order chi connectivity index (χ0) is 24.1. The third-order valence-corrected chi connectivity index (χ3v) is 6.12. The molecule has 2 heterocycles. The van der Waals surface area contributed by atoms with Crippen LogP contribution in [0.2, 0.25) is 0 Å². The molecule has 0 bridgehead atoms. The van der Waals surface area contributed by atoms with Gasteiger partial charge in [-0.05, 0) is 33.7 Å². The van der Waals surface area contributed by atoms with Crippen LogP contribution in [0.25, 0.3) is 54.6 Å². The van der Waals surface area contributed by atoms with E-state index in [1.807, 2.05) is 60.7 Å². The Balaban J connectivity index is 1.84. The molecule has 6 aromatic rings. The predicted molar refractivity (Wildman–Crippen MR) is 134 cm³/mol. The number of carbonyl (C=O) groups is 2. The molecule has 0 saturated carbocycles. The Labute approximate surface area is 198 Å². The highest BCUT2D eigenvalue weighted by molar-refractivity contribution is 6.25. The Morgan fingerprint density at radius 1 is 0.771 bits per heavy atom. The summed E-state index contributed by atoms with van der Waals surface area (Å²) in [6.07, 6.45) is 1.46. The van der Waals surface area contributed by atoms with Crippen LogP contribution in [-0.4, -0.2) is 23.7 Å². The third kappa shape index (κ3) is 3.11. The molecule has 0 radical (unpaired) electrons. The molecule has 170 valence electrons. The normalized spacial score (nSPS) is 11.4. The van der Waals surface area contributed by atoms with Crippen molar-refractivity contribution in [2.45, 2.75) is 0 Å². The summed E-state index contributed by atoms with van der Waals surface area (Å²) in [7, 11) is 0. The largest absolute Gasteiger partial charge is 0.475 e. The summed E-state index contributed by atoms with van der Waals surface area (Å²) < 4.78 is 17.2. The van der Waals surface area contributed by atoms with Crippen molar-refractivity contribution in [3.63, 3.8) is 0 Å². The molecule has 0 fully saturated rings. The molecule has 0 unspecified atom stereocenters. The molecular weight excluding hydrogens is 444 g/mol. The van der Waals surface area contributed by atoms with Gasteiger partial charge < -0.3 is 18.7 Å². The fraction of sp³-hybridized carbons (Fsp3) is 0.0345. The second-order valence-electron chi connectivity index (χ2n) is 8.12. The van der Waals surface area contributed by atoms with Crippen LogP contribution in [0, 0.1) is 0 Å². The van der Waals surface area contributed by atoms with Crippen LogP contribution in [-0.2, 0) is 4.74 Å². The van der Waals surface area contributed by atoms with Crippen molar-refractivity contribution in [2.24, 2.45) is 0 Å². The fourth-order valence-corrected chi connectivity index (χ4v) is 4.71. The van der Waals surface area contributed by atoms with E-state index < -0.39 is 11.9 Å². The maximum absolute atomic E-state index is 13.2. The first-order valence-electron chi connectivity index (χ1n) is 11.0.